The molecule has 6 nitrogen and oxygen atoms in total. The van der Waals surface area contributed by atoms with Crippen LogP contribution in [0.1, 0.15) is 22.0 Å². The number of benzene rings is 3. The summed E-state index contributed by atoms with van der Waals surface area (Å²) in [5.41, 5.74) is 0.492. The van der Waals surface area contributed by atoms with Crippen molar-refractivity contribution < 1.29 is 27.1 Å². The summed E-state index contributed by atoms with van der Waals surface area (Å²) in [5, 5.41) is 2.54. The van der Waals surface area contributed by atoms with Gasteiger partial charge in [-0.2, -0.15) is 0 Å². The van der Waals surface area contributed by atoms with E-state index in [-0.39, 0.29) is 15.5 Å². The van der Waals surface area contributed by atoms with E-state index in [4.69, 9.17) is 16.3 Å². The van der Waals surface area contributed by atoms with Gasteiger partial charge < -0.3 is 10.1 Å². The summed E-state index contributed by atoms with van der Waals surface area (Å²) in [6.45, 7) is 0. The topological polar surface area (TPSA) is 89.5 Å². The predicted molar refractivity (Wildman–Crippen MR) is 114 cm³/mol. The molecule has 0 aliphatic heterocycles. The standard InChI is InChI=1S/C22H17ClFNO5S/c1-31(28,29)17-11-12-19(23)18(13-17)22(27)30-20(14-5-3-2-4-6-14)21(26)25-16-9-7-15(24)8-10-16/h2-13,20H,1H3,(H,25,26)/t20-/m1/s1. The molecule has 9 heteroatoms. The third kappa shape index (κ3) is 5.68. The summed E-state index contributed by atoms with van der Waals surface area (Å²) in [6.07, 6.45) is -0.370. The molecule has 0 unspecified atom stereocenters. The maximum atomic E-state index is 13.1. The van der Waals surface area contributed by atoms with Crippen LogP contribution in [-0.4, -0.2) is 26.6 Å². The number of anilines is 1. The van der Waals surface area contributed by atoms with Gasteiger partial charge in [-0.1, -0.05) is 41.9 Å². The molecule has 0 spiro atoms. The van der Waals surface area contributed by atoms with Gasteiger partial charge in [-0.05, 0) is 42.5 Å². The van der Waals surface area contributed by atoms with Crippen LogP contribution in [-0.2, 0) is 19.4 Å². The first-order valence-corrected chi connectivity index (χ1v) is 11.2. The average Bonchev–Trinajstić information content (AvgIpc) is 2.73. The van der Waals surface area contributed by atoms with Crippen LogP contribution in [0.15, 0.2) is 77.7 Å². The first-order chi connectivity index (χ1) is 14.6. The van der Waals surface area contributed by atoms with Crippen molar-refractivity contribution in [2.75, 3.05) is 11.6 Å². The van der Waals surface area contributed by atoms with Crippen LogP contribution in [0.25, 0.3) is 0 Å². The maximum absolute atomic E-state index is 13.1. The number of halogens is 2. The highest BCUT2D eigenvalue weighted by molar-refractivity contribution is 7.90. The summed E-state index contributed by atoms with van der Waals surface area (Å²) in [6, 6.07) is 17.0. The molecule has 1 atom stereocenters. The predicted octanol–water partition coefficient (Wildman–Crippen LogP) is 4.42. The van der Waals surface area contributed by atoms with Gasteiger partial charge in [0.15, 0.2) is 9.84 Å². The quantitative estimate of drug-likeness (QED) is 0.549. The number of ether oxygens (including phenoxy) is 1. The zero-order valence-electron chi connectivity index (χ0n) is 16.2. The van der Waals surface area contributed by atoms with Crippen molar-refractivity contribution in [1.29, 1.82) is 0 Å². The Bertz CT molecular complexity index is 1210. The molecule has 1 N–H and O–H groups in total. The van der Waals surface area contributed by atoms with Gasteiger partial charge in [-0.3, -0.25) is 4.79 Å². The van der Waals surface area contributed by atoms with Crippen molar-refractivity contribution in [2.45, 2.75) is 11.0 Å². The van der Waals surface area contributed by atoms with E-state index in [0.29, 0.717) is 11.3 Å². The monoisotopic (exact) mass is 461 g/mol. The summed E-state index contributed by atoms with van der Waals surface area (Å²) in [7, 11) is -3.59. The Kier molecular flexibility index (Phi) is 6.72. The molecule has 3 aromatic rings. The lowest BCUT2D eigenvalue weighted by Gasteiger charge is -2.18. The van der Waals surface area contributed by atoms with E-state index in [1.165, 1.54) is 36.4 Å². The van der Waals surface area contributed by atoms with Crippen LogP contribution in [0.3, 0.4) is 0 Å². The zero-order valence-corrected chi connectivity index (χ0v) is 17.8. The van der Waals surface area contributed by atoms with Crippen LogP contribution in [0.5, 0.6) is 0 Å². The van der Waals surface area contributed by atoms with E-state index in [1.54, 1.807) is 30.3 Å². The number of carbonyl (C=O) groups is 2. The Morgan fingerprint density at radius 2 is 1.65 bits per heavy atom. The molecule has 3 aromatic carbocycles. The van der Waals surface area contributed by atoms with Crippen LogP contribution < -0.4 is 5.32 Å². The Balaban J connectivity index is 1.91. The van der Waals surface area contributed by atoms with Gasteiger partial charge >= 0.3 is 5.97 Å². The first-order valence-electron chi connectivity index (χ1n) is 8.97. The Hall–Kier alpha value is -3.23. The SMILES string of the molecule is CS(=O)(=O)c1ccc(Cl)c(C(=O)O[C@@H](C(=O)Nc2ccc(F)cc2)c2ccccc2)c1. The lowest BCUT2D eigenvalue weighted by Crippen LogP contribution is -2.26. The molecule has 0 heterocycles. The summed E-state index contributed by atoms with van der Waals surface area (Å²) in [5.74, 6) is -2.12. The highest BCUT2D eigenvalue weighted by Gasteiger charge is 2.27. The van der Waals surface area contributed by atoms with E-state index in [1.807, 2.05) is 0 Å². The van der Waals surface area contributed by atoms with E-state index in [2.05, 4.69) is 5.32 Å². The molecule has 160 valence electrons. The molecule has 1 amide bonds. The second kappa shape index (κ2) is 9.28. The van der Waals surface area contributed by atoms with Gasteiger partial charge in [0.05, 0.1) is 15.5 Å². The largest absolute Gasteiger partial charge is 0.444 e. The number of esters is 1. The molecule has 0 aliphatic rings. The van der Waals surface area contributed by atoms with Crippen molar-refractivity contribution in [3.63, 3.8) is 0 Å². The van der Waals surface area contributed by atoms with Gasteiger partial charge in [0.25, 0.3) is 5.91 Å². The highest BCUT2D eigenvalue weighted by atomic mass is 35.5. The molecule has 0 radical (unpaired) electrons. The lowest BCUT2D eigenvalue weighted by atomic mass is 10.1. The van der Waals surface area contributed by atoms with Gasteiger partial charge in [-0.15, -0.1) is 0 Å². The Morgan fingerprint density at radius 3 is 2.26 bits per heavy atom. The molecule has 0 aromatic heterocycles. The zero-order chi connectivity index (χ0) is 22.6. The minimum atomic E-state index is -3.59. The number of amides is 1. The van der Waals surface area contributed by atoms with Crippen LogP contribution in [0.4, 0.5) is 10.1 Å². The molecule has 0 saturated carbocycles. The fraction of sp³-hybridized carbons (Fsp3) is 0.0909. The van der Waals surface area contributed by atoms with E-state index in [0.717, 1.165) is 12.3 Å². The third-order valence-electron chi connectivity index (χ3n) is 4.26. The van der Waals surface area contributed by atoms with Crippen molar-refractivity contribution in [3.05, 3.63) is 94.8 Å². The van der Waals surface area contributed by atoms with Crippen molar-refractivity contribution >= 4 is 39.0 Å². The van der Waals surface area contributed by atoms with Gasteiger partial charge in [0.2, 0.25) is 6.10 Å². The Labute approximate surface area is 183 Å². The van der Waals surface area contributed by atoms with Crippen LogP contribution in [0.2, 0.25) is 5.02 Å². The van der Waals surface area contributed by atoms with E-state index >= 15 is 0 Å². The first kappa shape index (κ1) is 22.5. The molecule has 0 bridgehead atoms. The fourth-order valence-electron chi connectivity index (χ4n) is 2.70. The summed E-state index contributed by atoms with van der Waals surface area (Å²) < 4.78 is 42.2. The molecular formula is C22H17ClFNO5S. The van der Waals surface area contributed by atoms with E-state index < -0.39 is 33.6 Å². The highest BCUT2D eigenvalue weighted by Crippen LogP contribution is 2.26. The number of sulfone groups is 1. The minimum Gasteiger partial charge on any atom is -0.444 e. The molecule has 0 aliphatic carbocycles. The van der Waals surface area contributed by atoms with Gasteiger partial charge in [-0.25, -0.2) is 17.6 Å². The number of hydrogen-bond acceptors (Lipinski definition) is 5. The number of rotatable bonds is 6. The second-order valence-corrected chi connectivity index (χ2v) is 9.03. The maximum Gasteiger partial charge on any atom is 0.340 e. The molecule has 3 rings (SSSR count). The van der Waals surface area contributed by atoms with Crippen molar-refractivity contribution in [1.82, 2.24) is 0 Å². The number of nitrogens with one attached hydrogen (secondary N) is 1. The van der Waals surface area contributed by atoms with Crippen molar-refractivity contribution in [3.8, 4) is 0 Å². The summed E-state index contributed by atoms with van der Waals surface area (Å²) in [4.78, 5) is 25.5. The van der Waals surface area contributed by atoms with Gasteiger partial charge in [0, 0.05) is 17.5 Å². The van der Waals surface area contributed by atoms with Crippen LogP contribution >= 0.6 is 11.6 Å². The fourth-order valence-corrected chi connectivity index (χ4v) is 3.55. The molecular weight excluding hydrogens is 445 g/mol. The van der Waals surface area contributed by atoms with Gasteiger partial charge in [0.1, 0.15) is 5.82 Å². The third-order valence-corrected chi connectivity index (χ3v) is 5.70. The smallest absolute Gasteiger partial charge is 0.340 e. The lowest BCUT2D eigenvalue weighted by molar-refractivity contribution is -0.125. The second-order valence-electron chi connectivity index (χ2n) is 6.61. The average molecular weight is 462 g/mol. The molecule has 0 fully saturated rings. The molecule has 0 saturated heterocycles. The van der Waals surface area contributed by atoms with E-state index in [9.17, 15) is 22.4 Å². The normalized spacial score (nSPS) is 12.1. The summed E-state index contributed by atoms with van der Waals surface area (Å²) >= 11 is 6.06. The van der Waals surface area contributed by atoms with Crippen molar-refractivity contribution in [2.24, 2.45) is 0 Å². The van der Waals surface area contributed by atoms with Crippen LogP contribution in [0, 0.1) is 5.82 Å². The minimum absolute atomic E-state index is 0.0249. The number of hydrogen-bond donors (Lipinski definition) is 1. The molecule has 31 heavy (non-hydrogen) atoms. The Morgan fingerprint density at radius 1 is 1.00 bits per heavy atom. The number of carbonyl (C=O) groups excluding carboxylic acids is 2.